The van der Waals surface area contributed by atoms with E-state index in [1.807, 2.05) is 6.92 Å². The molecule has 3 aromatic rings. The first-order valence-corrected chi connectivity index (χ1v) is 7.71. The number of aryl methyl sites for hydroxylation is 1. The maximum Gasteiger partial charge on any atom is 0.147 e. The Morgan fingerprint density at radius 3 is 2.41 bits per heavy atom. The van der Waals surface area contributed by atoms with Gasteiger partial charge >= 0.3 is 0 Å². The van der Waals surface area contributed by atoms with E-state index >= 15 is 0 Å². The number of nitrogens with one attached hydrogen (secondary N) is 1. The van der Waals surface area contributed by atoms with Crippen LogP contribution in [0.1, 0.15) is 36.3 Å². The standard InChI is InChI=1S/C19H17F2N/c1-11-9-15-17(12-3-2-4-12)18(22-19(15)16(21)10-11)13-5-7-14(20)8-6-13/h5-10,12,22H,2-4H2,1H3. The molecule has 1 saturated carbocycles. The SMILES string of the molecule is Cc1cc(F)c2[nH]c(-c3ccc(F)cc3)c(C3CCC3)c2c1. The fourth-order valence-corrected chi connectivity index (χ4v) is 3.37. The van der Waals surface area contributed by atoms with Crippen LogP contribution in [0.5, 0.6) is 0 Å². The summed E-state index contributed by atoms with van der Waals surface area (Å²) in [6.45, 7) is 1.91. The van der Waals surface area contributed by atoms with Crippen LogP contribution in [0.4, 0.5) is 8.78 Å². The number of benzene rings is 2. The number of halogens is 2. The summed E-state index contributed by atoms with van der Waals surface area (Å²) in [6.07, 6.45) is 3.49. The zero-order chi connectivity index (χ0) is 15.3. The van der Waals surface area contributed by atoms with Gasteiger partial charge in [-0.15, -0.1) is 0 Å². The lowest BCUT2D eigenvalue weighted by atomic mass is 9.78. The van der Waals surface area contributed by atoms with Gasteiger partial charge < -0.3 is 4.98 Å². The molecule has 112 valence electrons. The number of fused-ring (bicyclic) bond motifs is 1. The van der Waals surface area contributed by atoms with Gasteiger partial charge in [0.05, 0.1) is 11.2 Å². The molecule has 1 aliphatic rings. The molecule has 0 spiro atoms. The van der Waals surface area contributed by atoms with Gasteiger partial charge in [0, 0.05) is 5.39 Å². The maximum atomic E-state index is 14.3. The molecule has 0 aliphatic heterocycles. The Labute approximate surface area is 128 Å². The Morgan fingerprint density at radius 1 is 1.05 bits per heavy atom. The molecular formula is C19H17F2N. The van der Waals surface area contributed by atoms with Gasteiger partial charge in [-0.3, -0.25) is 0 Å². The van der Waals surface area contributed by atoms with Gasteiger partial charge in [0.25, 0.3) is 0 Å². The van der Waals surface area contributed by atoms with Gasteiger partial charge in [-0.05, 0) is 78.8 Å². The van der Waals surface area contributed by atoms with E-state index in [1.54, 1.807) is 18.2 Å². The van der Waals surface area contributed by atoms with Crippen LogP contribution in [-0.4, -0.2) is 4.98 Å². The fraction of sp³-hybridized carbons (Fsp3) is 0.263. The van der Waals surface area contributed by atoms with Gasteiger partial charge in [-0.1, -0.05) is 6.42 Å². The van der Waals surface area contributed by atoms with Crippen molar-refractivity contribution in [3.05, 3.63) is 59.2 Å². The van der Waals surface area contributed by atoms with Crippen molar-refractivity contribution in [3.63, 3.8) is 0 Å². The van der Waals surface area contributed by atoms with Crippen LogP contribution in [0.3, 0.4) is 0 Å². The highest BCUT2D eigenvalue weighted by Gasteiger charge is 2.27. The molecule has 22 heavy (non-hydrogen) atoms. The molecule has 1 aromatic heterocycles. The van der Waals surface area contributed by atoms with Crippen LogP contribution in [0.15, 0.2) is 36.4 Å². The first-order chi connectivity index (χ1) is 10.6. The quantitative estimate of drug-likeness (QED) is 0.625. The zero-order valence-corrected chi connectivity index (χ0v) is 12.4. The minimum absolute atomic E-state index is 0.219. The summed E-state index contributed by atoms with van der Waals surface area (Å²) in [7, 11) is 0. The van der Waals surface area contributed by atoms with Crippen LogP contribution in [0.2, 0.25) is 0 Å². The van der Waals surface area contributed by atoms with Crippen molar-refractivity contribution in [3.8, 4) is 11.3 Å². The molecule has 2 aromatic carbocycles. The number of hydrogen-bond acceptors (Lipinski definition) is 0. The summed E-state index contributed by atoms with van der Waals surface area (Å²) in [6, 6.07) is 10.0. The van der Waals surface area contributed by atoms with E-state index in [9.17, 15) is 8.78 Å². The Morgan fingerprint density at radius 2 is 1.77 bits per heavy atom. The Balaban J connectivity index is 2.00. The topological polar surface area (TPSA) is 15.8 Å². The molecule has 3 heteroatoms. The van der Waals surface area contributed by atoms with Crippen LogP contribution in [-0.2, 0) is 0 Å². The first-order valence-electron chi connectivity index (χ1n) is 7.71. The number of H-pyrrole nitrogens is 1. The number of hydrogen-bond donors (Lipinski definition) is 1. The Hall–Kier alpha value is -2.16. The van der Waals surface area contributed by atoms with E-state index in [2.05, 4.69) is 11.1 Å². The molecule has 0 bridgehead atoms. The van der Waals surface area contributed by atoms with Crippen molar-refractivity contribution in [1.82, 2.24) is 4.98 Å². The largest absolute Gasteiger partial charge is 0.352 e. The molecule has 0 radical (unpaired) electrons. The van der Waals surface area contributed by atoms with Crippen molar-refractivity contribution >= 4 is 10.9 Å². The second-order valence-corrected chi connectivity index (χ2v) is 6.22. The number of aromatic nitrogens is 1. The molecule has 4 rings (SSSR count). The predicted molar refractivity (Wildman–Crippen MR) is 85.0 cm³/mol. The highest BCUT2D eigenvalue weighted by molar-refractivity contribution is 5.92. The normalized spacial score (nSPS) is 15.2. The molecular weight excluding hydrogens is 280 g/mol. The van der Waals surface area contributed by atoms with E-state index in [1.165, 1.54) is 24.1 Å². The molecule has 1 fully saturated rings. The van der Waals surface area contributed by atoms with E-state index in [0.29, 0.717) is 11.4 Å². The fourth-order valence-electron chi connectivity index (χ4n) is 3.37. The van der Waals surface area contributed by atoms with Crippen molar-refractivity contribution in [2.75, 3.05) is 0 Å². The summed E-state index contributed by atoms with van der Waals surface area (Å²) in [4.78, 5) is 3.25. The third kappa shape index (κ3) is 2.04. The highest BCUT2D eigenvalue weighted by atomic mass is 19.1. The first kappa shape index (κ1) is 13.5. The van der Waals surface area contributed by atoms with Crippen LogP contribution < -0.4 is 0 Å². The van der Waals surface area contributed by atoms with Crippen molar-refractivity contribution < 1.29 is 8.78 Å². The number of aromatic amines is 1. The summed E-state index contributed by atoms with van der Waals surface area (Å²) in [5, 5.41) is 0.974. The van der Waals surface area contributed by atoms with Crippen molar-refractivity contribution in [1.29, 1.82) is 0 Å². The third-order valence-corrected chi connectivity index (χ3v) is 4.69. The highest BCUT2D eigenvalue weighted by Crippen LogP contribution is 2.45. The lowest BCUT2D eigenvalue weighted by Gasteiger charge is -2.26. The molecule has 0 amide bonds. The summed E-state index contributed by atoms with van der Waals surface area (Å²) < 4.78 is 27.5. The van der Waals surface area contributed by atoms with Gasteiger partial charge in [-0.25, -0.2) is 8.78 Å². The summed E-state index contributed by atoms with van der Waals surface area (Å²) in [5.41, 5.74) is 4.53. The molecule has 1 aliphatic carbocycles. The lowest BCUT2D eigenvalue weighted by molar-refractivity contribution is 0.423. The van der Waals surface area contributed by atoms with Gasteiger partial charge in [-0.2, -0.15) is 0 Å². The van der Waals surface area contributed by atoms with E-state index in [-0.39, 0.29) is 11.6 Å². The zero-order valence-electron chi connectivity index (χ0n) is 12.4. The maximum absolute atomic E-state index is 14.3. The van der Waals surface area contributed by atoms with Crippen LogP contribution >= 0.6 is 0 Å². The van der Waals surface area contributed by atoms with Gasteiger partial charge in [0.2, 0.25) is 0 Å². The van der Waals surface area contributed by atoms with Crippen LogP contribution in [0, 0.1) is 18.6 Å². The third-order valence-electron chi connectivity index (χ3n) is 4.69. The molecule has 0 saturated heterocycles. The molecule has 0 atom stereocenters. The molecule has 1 heterocycles. The average Bonchev–Trinajstić information content (AvgIpc) is 2.78. The minimum Gasteiger partial charge on any atom is -0.352 e. The Bertz CT molecular complexity index is 842. The Kier molecular flexibility index (Phi) is 3.03. The predicted octanol–water partition coefficient (Wildman–Crippen LogP) is 5.69. The van der Waals surface area contributed by atoms with E-state index < -0.39 is 0 Å². The molecule has 1 N–H and O–H groups in total. The second-order valence-electron chi connectivity index (χ2n) is 6.22. The summed E-state index contributed by atoms with van der Waals surface area (Å²) >= 11 is 0. The smallest absolute Gasteiger partial charge is 0.147 e. The average molecular weight is 297 g/mol. The van der Waals surface area contributed by atoms with E-state index in [4.69, 9.17) is 0 Å². The van der Waals surface area contributed by atoms with Crippen molar-refractivity contribution in [2.24, 2.45) is 0 Å². The van der Waals surface area contributed by atoms with Crippen molar-refractivity contribution in [2.45, 2.75) is 32.1 Å². The second kappa shape index (κ2) is 4.94. The number of rotatable bonds is 2. The van der Waals surface area contributed by atoms with Gasteiger partial charge in [0.15, 0.2) is 0 Å². The van der Waals surface area contributed by atoms with Gasteiger partial charge in [0.1, 0.15) is 11.6 Å². The molecule has 1 nitrogen and oxygen atoms in total. The lowest BCUT2D eigenvalue weighted by Crippen LogP contribution is -2.09. The summed E-state index contributed by atoms with van der Waals surface area (Å²) in [5.74, 6) is -0.00832. The van der Waals surface area contributed by atoms with E-state index in [0.717, 1.165) is 35.0 Å². The molecule has 0 unspecified atom stereocenters. The minimum atomic E-state index is -0.257. The monoisotopic (exact) mass is 297 g/mol. The van der Waals surface area contributed by atoms with Crippen LogP contribution in [0.25, 0.3) is 22.2 Å².